The first kappa shape index (κ1) is 16.1. The number of sulfonamides is 1. The van der Waals surface area contributed by atoms with Gasteiger partial charge in [0, 0.05) is 13.2 Å². The summed E-state index contributed by atoms with van der Waals surface area (Å²) in [6, 6.07) is 7.72. The zero-order chi connectivity index (χ0) is 14.5. The Kier molecular flexibility index (Phi) is 5.97. The van der Waals surface area contributed by atoms with E-state index in [1.54, 1.807) is 6.92 Å². The highest BCUT2D eigenvalue weighted by Crippen LogP contribution is 2.18. The van der Waals surface area contributed by atoms with Crippen LogP contribution in [0.2, 0.25) is 0 Å². The van der Waals surface area contributed by atoms with Gasteiger partial charge in [0.2, 0.25) is 10.0 Å². The summed E-state index contributed by atoms with van der Waals surface area (Å²) in [5.41, 5.74) is 2.15. The van der Waals surface area contributed by atoms with Gasteiger partial charge in [-0.25, -0.2) is 13.1 Å². The first-order valence-corrected chi connectivity index (χ1v) is 8.12. The number of hydrogen-bond donors (Lipinski definition) is 1. The minimum absolute atomic E-state index is 0.0220. The van der Waals surface area contributed by atoms with Crippen LogP contribution >= 0.6 is 0 Å². The molecular formula is C14H23NO3S. The molecule has 0 fully saturated rings. The maximum absolute atomic E-state index is 12.0. The zero-order valence-corrected chi connectivity index (χ0v) is 12.8. The molecule has 1 N–H and O–H groups in total. The van der Waals surface area contributed by atoms with Gasteiger partial charge in [-0.05, 0) is 25.8 Å². The number of ether oxygens (including phenoxy) is 1. The Hall–Kier alpha value is -0.910. The molecule has 19 heavy (non-hydrogen) atoms. The van der Waals surface area contributed by atoms with Gasteiger partial charge < -0.3 is 4.74 Å². The molecule has 0 amide bonds. The molecule has 1 rings (SSSR count). The topological polar surface area (TPSA) is 55.4 Å². The van der Waals surface area contributed by atoms with E-state index in [2.05, 4.69) is 4.72 Å². The van der Waals surface area contributed by atoms with E-state index in [1.807, 2.05) is 38.1 Å². The van der Waals surface area contributed by atoms with Crippen molar-refractivity contribution in [1.29, 1.82) is 0 Å². The molecule has 0 saturated carbocycles. The highest BCUT2D eigenvalue weighted by atomic mass is 32.2. The van der Waals surface area contributed by atoms with Gasteiger partial charge >= 0.3 is 0 Å². The van der Waals surface area contributed by atoms with E-state index in [1.165, 1.54) is 7.11 Å². The monoisotopic (exact) mass is 285 g/mol. The largest absolute Gasteiger partial charge is 0.381 e. The number of aryl methyl sites for hydroxylation is 1. The molecule has 1 aromatic carbocycles. The molecule has 4 nitrogen and oxygen atoms in total. The van der Waals surface area contributed by atoms with E-state index in [0.29, 0.717) is 6.42 Å². The summed E-state index contributed by atoms with van der Waals surface area (Å²) in [6.45, 7) is 5.72. The van der Waals surface area contributed by atoms with Crippen LogP contribution in [-0.2, 0) is 14.8 Å². The van der Waals surface area contributed by atoms with Crippen LogP contribution in [0.15, 0.2) is 24.3 Å². The molecule has 1 aromatic rings. The Morgan fingerprint density at radius 2 is 1.84 bits per heavy atom. The van der Waals surface area contributed by atoms with Crippen LogP contribution in [0.1, 0.15) is 37.4 Å². The van der Waals surface area contributed by atoms with Crippen molar-refractivity contribution in [3.63, 3.8) is 0 Å². The summed E-state index contributed by atoms with van der Waals surface area (Å²) < 4.78 is 31.8. The molecule has 0 saturated heterocycles. The van der Waals surface area contributed by atoms with E-state index < -0.39 is 10.0 Å². The minimum Gasteiger partial charge on any atom is -0.381 e. The molecule has 0 aliphatic carbocycles. The number of benzene rings is 1. The third kappa shape index (κ3) is 5.30. The second-order valence-electron chi connectivity index (χ2n) is 4.82. The lowest BCUT2D eigenvalue weighted by Crippen LogP contribution is -2.34. The highest BCUT2D eigenvalue weighted by molar-refractivity contribution is 7.89. The van der Waals surface area contributed by atoms with Crippen LogP contribution in [0, 0.1) is 6.92 Å². The number of nitrogens with one attached hydrogen (secondary N) is 1. The molecule has 0 aliphatic heterocycles. The Morgan fingerprint density at radius 1 is 1.26 bits per heavy atom. The summed E-state index contributed by atoms with van der Waals surface area (Å²) in [4.78, 5) is 0. The molecule has 2 atom stereocenters. The molecule has 0 bridgehead atoms. The molecule has 0 aromatic heterocycles. The first-order valence-electron chi connectivity index (χ1n) is 6.47. The van der Waals surface area contributed by atoms with Crippen molar-refractivity contribution in [2.24, 2.45) is 0 Å². The van der Waals surface area contributed by atoms with Crippen LogP contribution in [0.5, 0.6) is 0 Å². The fourth-order valence-electron chi connectivity index (χ4n) is 1.83. The summed E-state index contributed by atoms with van der Waals surface area (Å²) >= 11 is 0. The summed E-state index contributed by atoms with van der Waals surface area (Å²) in [7, 11) is -1.83. The molecule has 108 valence electrons. The second-order valence-corrected chi connectivity index (χ2v) is 6.62. The van der Waals surface area contributed by atoms with Gasteiger partial charge in [-0.2, -0.15) is 0 Å². The van der Waals surface area contributed by atoms with Crippen molar-refractivity contribution in [2.45, 2.75) is 39.3 Å². The van der Waals surface area contributed by atoms with Crippen LogP contribution in [0.3, 0.4) is 0 Å². The summed E-state index contributed by atoms with van der Waals surface area (Å²) in [5.74, 6) is -0.0220. The maximum Gasteiger partial charge on any atom is 0.214 e. The van der Waals surface area contributed by atoms with Crippen LogP contribution in [0.25, 0.3) is 0 Å². The first-order chi connectivity index (χ1) is 8.88. The summed E-state index contributed by atoms with van der Waals surface area (Å²) in [6.07, 6.45) is 0.400. The van der Waals surface area contributed by atoms with Crippen LogP contribution in [-0.4, -0.2) is 27.4 Å². The minimum atomic E-state index is -3.34. The second kappa shape index (κ2) is 7.03. The third-order valence-corrected chi connectivity index (χ3v) is 4.62. The Labute approximate surface area is 116 Å². The molecule has 0 spiro atoms. The van der Waals surface area contributed by atoms with Gasteiger partial charge in [-0.3, -0.25) is 0 Å². The fourth-order valence-corrected chi connectivity index (χ4v) is 3.41. The lowest BCUT2D eigenvalue weighted by Gasteiger charge is -2.19. The third-order valence-electron chi connectivity index (χ3n) is 3.07. The van der Waals surface area contributed by atoms with Gasteiger partial charge in [0.05, 0.1) is 11.9 Å². The average Bonchev–Trinajstić information content (AvgIpc) is 2.36. The lowest BCUT2D eigenvalue weighted by atomic mass is 10.0. The van der Waals surface area contributed by atoms with Gasteiger partial charge in [0.15, 0.2) is 0 Å². The Bertz CT molecular complexity index is 482. The van der Waals surface area contributed by atoms with Crippen molar-refractivity contribution in [2.75, 3.05) is 12.9 Å². The highest BCUT2D eigenvalue weighted by Gasteiger charge is 2.20. The number of methoxy groups -OCH3 is 1. The normalized spacial score (nSPS) is 15.2. The molecule has 0 radical (unpaired) electrons. The molecular weight excluding hydrogens is 262 g/mol. The van der Waals surface area contributed by atoms with Crippen molar-refractivity contribution in [1.82, 2.24) is 4.72 Å². The number of rotatable bonds is 7. The quantitative estimate of drug-likeness (QED) is 0.837. The van der Waals surface area contributed by atoms with E-state index >= 15 is 0 Å². The SMILES string of the molecule is CC[C@H](NS(=O)(=O)C[C@@H](C)OC)c1ccc(C)cc1. The predicted octanol–water partition coefficient (Wildman–Crippen LogP) is 2.40. The maximum atomic E-state index is 12.0. The fraction of sp³-hybridized carbons (Fsp3) is 0.571. The molecule has 0 unspecified atom stereocenters. The summed E-state index contributed by atoms with van der Waals surface area (Å²) in [5, 5.41) is 0. The van der Waals surface area contributed by atoms with Crippen LogP contribution in [0.4, 0.5) is 0 Å². The zero-order valence-electron chi connectivity index (χ0n) is 12.0. The lowest BCUT2D eigenvalue weighted by molar-refractivity contribution is 0.136. The Balaban J connectivity index is 2.79. The van der Waals surface area contributed by atoms with Crippen molar-refractivity contribution in [3.05, 3.63) is 35.4 Å². The van der Waals surface area contributed by atoms with Gasteiger partial charge in [-0.15, -0.1) is 0 Å². The van der Waals surface area contributed by atoms with Crippen molar-refractivity contribution in [3.8, 4) is 0 Å². The van der Waals surface area contributed by atoms with Gasteiger partial charge in [0.25, 0.3) is 0 Å². The van der Waals surface area contributed by atoms with E-state index in [9.17, 15) is 8.42 Å². The van der Waals surface area contributed by atoms with Crippen LogP contribution < -0.4 is 4.72 Å². The van der Waals surface area contributed by atoms with E-state index in [4.69, 9.17) is 4.74 Å². The molecule has 0 heterocycles. The Morgan fingerprint density at radius 3 is 2.32 bits per heavy atom. The van der Waals surface area contributed by atoms with Gasteiger partial charge in [-0.1, -0.05) is 36.8 Å². The van der Waals surface area contributed by atoms with E-state index in [0.717, 1.165) is 11.1 Å². The molecule has 0 aliphatic rings. The molecule has 5 heteroatoms. The number of hydrogen-bond acceptors (Lipinski definition) is 3. The average molecular weight is 285 g/mol. The van der Waals surface area contributed by atoms with Crippen molar-refractivity contribution >= 4 is 10.0 Å². The van der Waals surface area contributed by atoms with Crippen molar-refractivity contribution < 1.29 is 13.2 Å². The van der Waals surface area contributed by atoms with E-state index in [-0.39, 0.29) is 17.9 Å². The smallest absolute Gasteiger partial charge is 0.214 e. The predicted molar refractivity (Wildman–Crippen MR) is 77.6 cm³/mol. The van der Waals surface area contributed by atoms with Gasteiger partial charge in [0.1, 0.15) is 0 Å². The standard InChI is InChI=1S/C14H23NO3S/c1-5-14(13-8-6-11(2)7-9-13)15-19(16,17)10-12(3)18-4/h6-9,12,14-15H,5,10H2,1-4H3/t12-,14+/m1/s1.